The zero-order chi connectivity index (χ0) is 16.4. The number of ether oxygens (including phenoxy) is 1. The maximum Gasteiger partial charge on any atom is 0.119 e. The van der Waals surface area contributed by atoms with Gasteiger partial charge in [0.15, 0.2) is 0 Å². The Morgan fingerprint density at radius 2 is 1.73 bits per heavy atom. The molecule has 1 fully saturated rings. The number of rotatable bonds is 4. The number of nitrogens with zero attached hydrogens (tertiary/aromatic N) is 1. The van der Waals surface area contributed by atoms with Crippen molar-refractivity contribution in [2.24, 2.45) is 0 Å². The second-order valence-electron chi connectivity index (χ2n) is 6.18. The fourth-order valence-corrected chi connectivity index (χ4v) is 4.37. The van der Waals surface area contributed by atoms with Gasteiger partial charge in [-0.25, -0.2) is 0 Å². The predicted molar refractivity (Wildman–Crippen MR) is 116 cm³/mol. The van der Waals surface area contributed by atoms with Crippen molar-refractivity contribution in [3.05, 3.63) is 64.4 Å². The van der Waals surface area contributed by atoms with Crippen LogP contribution in [-0.2, 0) is 0 Å². The highest BCUT2D eigenvalue weighted by Crippen LogP contribution is 2.34. The Bertz CT molecular complexity index is 820. The fourth-order valence-electron chi connectivity index (χ4n) is 3.48. The molecule has 1 atom stereocenters. The minimum absolute atomic E-state index is 0. The van der Waals surface area contributed by atoms with Crippen molar-refractivity contribution in [3.8, 4) is 5.75 Å². The normalized spacial score (nSPS) is 15.7. The van der Waals surface area contributed by atoms with Crippen LogP contribution in [0.1, 0.15) is 16.5 Å². The number of halogens is 2. The Balaban J connectivity index is 0.00000121. The van der Waals surface area contributed by atoms with Crippen LogP contribution in [0.15, 0.2) is 53.9 Å². The molecule has 0 unspecified atom stereocenters. The Labute approximate surface area is 171 Å². The molecule has 0 radical (unpaired) electrons. The maximum absolute atomic E-state index is 5.34. The molecule has 0 bridgehead atoms. The number of piperazine rings is 1. The molecule has 1 N–H and O–H groups in total. The van der Waals surface area contributed by atoms with E-state index < -0.39 is 0 Å². The van der Waals surface area contributed by atoms with Crippen LogP contribution in [0.3, 0.4) is 0 Å². The predicted octanol–water partition coefficient (Wildman–Crippen LogP) is 4.75. The average molecular weight is 411 g/mol. The summed E-state index contributed by atoms with van der Waals surface area (Å²) in [5.41, 5.74) is 1.37. The van der Waals surface area contributed by atoms with Crippen LogP contribution in [0.2, 0.25) is 0 Å². The molecule has 6 heteroatoms. The van der Waals surface area contributed by atoms with Crippen LogP contribution >= 0.6 is 36.2 Å². The molecule has 1 aliphatic rings. The Hall–Kier alpha value is -1.30. The quantitative estimate of drug-likeness (QED) is 0.671. The van der Waals surface area contributed by atoms with Crippen molar-refractivity contribution in [1.82, 2.24) is 10.2 Å². The van der Waals surface area contributed by atoms with Gasteiger partial charge in [0.25, 0.3) is 0 Å². The average Bonchev–Trinajstić information content (AvgIpc) is 3.16. The molecule has 26 heavy (non-hydrogen) atoms. The SMILES string of the molecule is COc1ccc2cc([C@H](c3cccs3)N3CCNCC3)ccc2c1.Cl.Cl. The van der Waals surface area contributed by atoms with E-state index in [0.29, 0.717) is 6.04 Å². The van der Waals surface area contributed by atoms with Gasteiger partial charge in [0.1, 0.15) is 5.75 Å². The van der Waals surface area contributed by atoms with E-state index in [9.17, 15) is 0 Å². The topological polar surface area (TPSA) is 24.5 Å². The Morgan fingerprint density at radius 3 is 2.42 bits per heavy atom. The van der Waals surface area contributed by atoms with Crippen molar-refractivity contribution >= 4 is 46.9 Å². The van der Waals surface area contributed by atoms with E-state index in [1.165, 1.54) is 21.2 Å². The van der Waals surface area contributed by atoms with Crippen molar-refractivity contribution in [3.63, 3.8) is 0 Å². The van der Waals surface area contributed by atoms with Gasteiger partial charge < -0.3 is 10.1 Å². The summed E-state index contributed by atoms with van der Waals surface area (Å²) in [4.78, 5) is 4.01. The number of thiophene rings is 1. The molecular formula is C20H24Cl2N2OS. The highest BCUT2D eigenvalue weighted by atomic mass is 35.5. The monoisotopic (exact) mass is 410 g/mol. The largest absolute Gasteiger partial charge is 0.497 e. The molecule has 1 saturated heterocycles. The standard InChI is InChI=1S/C20H22N2OS.2ClH/c1-23-18-7-6-15-13-17(5-4-16(15)14-18)20(19-3-2-12-24-19)22-10-8-21-9-11-22;;/h2-7,12-14,20-21H,8-11H2,1H3;2*1H/t20-;;/m1../s1. The van der Waals surface area contributed by atoms with E-state index in [1.54, 1.807) is 7.11 Å². The van der Waals surface area contributed by atoms with Crippen LogP contribution in [-0.4, -0.2) is 38.2 Å². The molecule has 2 heterocycles. The number of benzene rings is 2. The first-order chi connectivity index (χ1) is 11.8. The van der Waals surface area contributed by atoms with Gasteiger partial charge in [0.05, 0.1) is 13.2 Å². The van der Waals surface area contributed by atoms with Crippen LogP contribution in [0.4, 0.5) is 0 Å². The van der Waals surface area contributed by atoms with Gasteiger partial charge in [-0.3, -0.25) is 4.90 Å². The number of hydrogen-bond donors (Lipinski definition) is 1. The van der Waals surface area contributed by atoms with Crippen LogP contribution < -0.4 is 10.1 Å². The number of fused-ring (bicyclic) bond motifs is 1. The third-order valence-corrected chi connectivity index (χ3v) is 5.64. The summed E-state index contributed by atoms with van der Waals surface area (Å²) < 4.78 is 5.34. The zero-order valence-corrected chi connectivity index (χ0v) is 17.1. The lowest BCUT2D eigenvalue weighted by Crippen LogP contribution is -2.45. The fraction of sp³-hybridized carbons (Fsp3) is 0.300. The van der Waals surface area contributed by atoms with Gasteiger partial charge in [0.2, 0.25) is 0 Å². The third kappa shape index (κ3) is 4.33. The summed E-state index contributed by atoms with van der Waals surface area (Å²) in [6.45, 7) is 4.30. The molecule has 140 valence electrons. The highest BCUT2D eigenvalue weighted by Gasteiger charge is 2.24. The van der Waals surface area contributed by atoms with Gasteiger partial charge >= 0.3 is 0 Å². The van der Waals surface area contributed by atoms with E-state index in [4.69, 9.17) is 4.74 Å². The van der Waals surface area contributed by atoms with Crippen LogP contribution in [0.25, 0.3) is 10.8 Å². The highest BCUT2D eigenvalue weighted by molar-refractivity contribution is 7.10. The molecule has 1 aromatic heterocycles. The Kier molecular flexibility index (Phi) is 7.74. The summed E-state index contributed by atoms with van der Waals surface area (Å²) in [6, 6.07) is 17.9. The first kappa shape index (κ1) is 21.0. The summed E-state index contributed by atoms with van der Waals surface area (Å²) in [7, 11) is 1.72. The van der Waals surface area contributed by atoms with E-state index in [2.05, 4.69) is 58.1 Å². The second kappa shape index (κ2) is 9.58. The third-order valence-electron chi connectivity index (χ3n) is 4.72. The van der Waals surface area contributed by atoms with Crippen molar-refractivity contribution in [2.45, 2.75) is 6.04 Å². The van der Waals surface area contributed by atoms with Crippen LogP contribution in [0, 0.1) is 0 Å². The van der Waals surface area contributed by atoms with Gasteiger partial charge in [-0.05, 0) is 46.0 Å². The molecule has 4 rings (SSSR count). The van der Waals surface area contributed by atoms with Gasteiger partial charge in [-0.15, -0.1) is 36.2 Å². The van der Waals surface area contributed by atoms with Gasteiger partial charge in [-0.2, -0.15) is 0 Å². The first-order valence-electron chi connectivity index (χ1n) is 8.41. The molecular weight excluding hydrogens is 387 g/mol. The van der Waals surface area contributed by atoms with E-state index in [-0.39, 0.29) is 24.8 Å². The zero-order valence-electron chi connectivity index (χ0n) is 14.7. The van der Waals surface area contributed by atoms with E-state index in [0.717, 1.165) is 31.9 Å². The molecule has 0 spiro atoms. The minimum atomic E-state index is 0. The van der Waals surface area contributed by atoms with Crippen LogP contribution in [0.5, 0.6) is 5.75 Å². The summed E-state index contributed by atoms with van der Waals surface area (Å²) in [5.74, 6) is 0.909. The first-order valence-corrected chi connectivity index (χ1v) is 9.29. The molecule has 2 aromatic carbocycles. The van der Waals surface area contributed by atoms with Crippen molar-refractivity contribution < 1.29 is 4.74 Å². The van der Waals surface area contributed by atoms with Gasteiger partial charge in [0, 0.05) is 31.1 Å². The van der Waals surface area contributed by atoms with Crippen molar-refractivity contribution in [2.75, 3.05) is 33.3 Å². The molecule has 3 nitrogen and oxygen atoms in total. The number of nitrogens with one attached hydrogen (secondary N) is 1. The molecule has 0 amide bonds. The molecule has 1 aliphatic heterocycles. The summed E-state index contributed by atoms with van der Waals surface area (Å²) in [6.07, 6.45) is 0. The van der Waals surface area contributed by atoms with Gasteiger partial charge in [-0.1, -0.05) is 24.3 Å². The lowest BCUT2D eigenvalue weighted by Gasteiger charge is -2.35. The van der Waals surface area contributed by atoms with E-state index >= 15 is 0 Å². The lowest BCUT2D eigenvalue weighted by atomic mass is 9.99. The van der Waals surface area contributed by atoms with Crippen molar-refractivity contribution in [1.29, 1.82) is 0 Å². The lowest BCUT2D eigenvalue weighted by molar-refractivity contribution is 0.201. The minimum Gasteiger partial charge on any atom is -0.497 e. The molecule has 0 saturated carbocycles. The number of hydrogen-bond acceptors (Lipinski definition) is 4. The maximum atomic E-state index is 5.34. The summed E-state index contributed by atoms with van der Waals surface area (Å²) >= 11 is 1.85. The molecule has 0 aliphatic carbocycles. The van der Waals surface area contributed by atoms with E-state index in [1.807, 2.05) is 17.4 Å². The molecule has 3 aromatic rings. The second-order valence-corrected chi connectivity index (χ2v) is 7.16. The Morgan fingerprint density at radius 1 is 1.00 bits per heavy atom. The summed E-state index contributed by atoms with van der Waals surface area (Å²) in [5, 5.41) is 8.13. The number of methoxy groups -OCH3 is 1. The smallest absolute Gasteiger partial charge is 0.119 e.